The predicted octanol–water partition coefficient (Wildman–Crippen LogP) is 2.59. The van der Waals surface area contributed by atoms with E-state index >= 15 is 0 Å². The predicted molar refractivity (Wildman–Crippen MR) is 67.3 cm³/mol. The normalized spacial score (nSPS) is 12.2. The summed E-state index contributed by atoms with van der Waals surface area (Å²) in [6, 6.07) is 4.46. The Kier molecular flexibility index (Phi) is 5.10. The summed E-state index contributed by atoms with van der Waals surface area (Å²) in [6.45, 7) is 3.74. The SMILES string of the molecule is Cc1ccc(F)cc1NC(=O)CCCC(C)N. The summed E-state index contributed by atoms with van der Waals surface area (Å²) in [5, 5.41) is 2.71. The fourth-order valence-corrected chi connectivity index (χ4v) is 1.53. The van der Waals surface area contributed by atoms with Crippen molar-refractivity contribution in [2.75, 3.05) is 5.32 Å². The molecule has 0 bridgehead atoms. The maximum Gasteiger partial charge on any atom is 0.224 e. The average Bonchev–Trinajstić information content (AvgIpc) is 2.23. The van der Waals surface area contributed by atoms with E-state index in [0.29, 0.717) is 12.1 Å². The van der Waals surface area contributed by atoms with Crippen molar-refractivity contribution in [2.45, 2.75) is 39.2 Å². The average molecular weight is 238 g/mol. The minimum absolute atomic E-state index is 0.0978. The van der Waals surface area contributed by atoms with Crippen molar-refractivity contribution < 1.29 is 9.18 Å². The summed E-state index contributed by atoms with van der Waals surface area (Å²) in [7, 11) is 0. The molecule has 1 rings (SSSR count). The van der Waals surface area contributed by atoms with Gasteiger partial charge in [0.1, 0.15) is 5.82 Å². The Morgan fingerprint density at radius 1 is 1.53 bits per heavy atom. The highest BCUT2D eigenvalue weighted by Gasteiger charge is 2.06. The number of carbonyl (C=O) groups excluding carboxylic acids is 1. The van der Waals surface area contributed by atoms with Gasteiger partial charge in [0.15, 0.2) is 0 Å². The number of hydrogen-bond acceptors (Lipinski definition) is 2. The van der Waals surface area contributed by atoms with E-state index in [1.165, 1.54) is 12.1 Å². The zero-order valence-electron chi connectivity index (χ0n) is 10.3. The molecule has 0 saturated carbocycles. The Balaban J connectivity index is 2.47. The van der Waals surface area contributed by atoms with Gasteiger partial charge in [-0.15, -0.1) is 0 Å². The standard InChI is InChI=1S/C13H19FN2O/c1-9-6-7-11(14)8-12(9)16-13(17)5-3-4-10(2)15/h6-8,10H,3-5,15H2,1-2H3,(H,16,17). The van der Waals surface area contributed by atoms with Crippen LogP contribution in [0.2, 0.25) is 0 Å². The van der Waals surface area contributed by atoms with Gasteiger partial charge in [-0.2, -0.15) is 0 Å². The number of amides is 1. The fraction of sp³-hybridized carbons (Fsp3) is 0.462. The van der Waals surface area contributed by atoms with Crippen LogP contribution in [-0.4, -0.2) is 11.9 Å². The van der Waals surface area contributed by atoms with Crippen molar-refractivity contribution >= 4 is 11.6 Å². The van der Waals surface area contributed by atoms with E-state index < -0.39 is 0 Å². The molecule has 0 heterocycles. The molecule has 0 aliphatic carbocycles. The molecule has 0 aliphatic rings. The van der Waals surface area contributed by atoms with E-state index in [0.717, 1.165) is 18.4 Å². The molecule has 1 amide bonds. The number of halogens is 1. The lowest BCUT2D eigenvalue weighted by Gasteiger charge is -2.09. The van der Waals surface area contributed by atoms with E-state index in [2.05, 4.69) is 5.32 Å². The van der Waals surface area contributed by atoms with Crippen molar-refractivity contribution in [3.63, 3.8) is 0 Å². The van der Waals surface area contributed by atoms with Gasteiger partial charge in [0, 0.05) is 18.2 Å². The van der Waals surface area contributed by atoms with Crippen LogP contribution in [0.4, 0.5) is 10.1 Å². The van der Waals surface area contributed by atoms with Crippen molar-refractivity contribution in [3.05, 3.63) is 29.6 Å². The lowest BCUT2D eigenvalue weighted by Crippen LogP contribution is -2.17. The number of anilines is 1. The first-order valence-corrected chi connectivity index (χ1v) is 5.80. The number of hydrogen-bond donors (Lipinski definition) is 2. The molecule has 0 saturated heterocycles. The molecule has 0 fully saturated rings. The molecule has 1 aromatic rings. The van der Waals surface area contributed by atoms with Crippen LogP contribution < -0.4 is 11.1 Å². The maximum atomic E-state index is 13.0. The quantitative estimate of drug-likeness (QED) is 0.828. The van der Waals surface area contributed by atoms with E-state index in [4.69, 9.17) is 5.73 Å². The number of carbonyl (C=O) groups is 1. The lowest BCUT2D eigenvalue weighted by molar-refractivity contribution is -0.116. The highest BCUT2D eigenvalue weighted by Crippen LogP contribution is 2.16. The van der Waals surface area contributed by atoms with Gasteiger partial charge in [-0.05, 0) is 44.4 Å². The number of aryl methyl sites for hydroxylation is 1. The Labute approximate surface area is 101 Å². The van der Waals surface area contributed by atoms with E-state index in [1.54, 1.807) is 6.07 Å². The molecule has 3 N–H and O–H groups in total. The Morgan fingerprint density at radius 3 is 2.88 bits per heavy atom. The van der Waals surface area contributed by atoms with E-state index in [1.807, 2.05) is 13.8 Å². The third-order valence-electron chi connectivity index (χ3n) is 2.54. The Bertz CT molecular complexity index is 391. The van der Waals surface area contributed by atoms with Crippen LogP contribution in [0.1, 0.15) is 31.7 Å². The molecule has 94 valence electrons. The first-order chi connectivity index (χ1) is 7.99. The third-order valence-corrected chi connectivity index (χ3v) is 2.54. The van der Waals surface area contributed by atoms with Gasteiger partial charge in [-0.1, -0.05) is 6.07 Å². The highest BCUT2D eigenvalue weighted by atomic mass is 19.1. The van der Waals surface area contributed by atoms with Gasteiger partial charge < -0.3 is 11.1 Å². The molecule has 1 atom stereocenters. The van der Waals surface area contributed by atoms with Gasteiger partial charge in [0.25, 0.3) is 0 Å². The minimum Gasteiger partial charge on any atom is -0.328 e. The summed E-state index contributed by atoms with van der Waals surface area (Å²) in [6.07, 6.45) is 1.98. The smallest absolute Gasteiger partial charge is 0.224 e. The van der Waals surface area contributed by atoms with Gasteiger partial charge in [-0.25, -0.2) is 4.39 Å². The second-order valence-corrected chi connectivity index (χ2v) is 4.38. The van der Waals surface area contributed by atoms with Crippen LogP contribution in [0.3, 0.4) is 0 Å². The molecular weight excluding hydrogens is 219 g/mol. The Morgan fingerprint density at radius 2 is 2.24 bits per heavy atom. The minimum atomic E-state index is -0.346. The molecule has 1 aromatic carbocycles. The number of nitrogens with two attached hydrogens (primary N) is 1. The molecule has 1 unspecified atom stereocenters. The summed E-state index contributed by atoms with van der Waals surface area (Å²) in [4.78, 5) is 11.6. The van der Waals surface area contributed by atoms with Crippen LogP contribution in [0.25, 0.3) is 0 Å². The van der Waals surface area contributed by atoms with Gasteiger partial charge >= 0.3 is 0 Å². The molecule has 3 nitrogen and oxygen atoms in total. The zero-order valence-corrected chi connectivity index (χ0v) is 10.3. The molecule has 0 aliphatic heterocycles. The zero-order chi connectivity index (χ0) is 12.8. The van der Waals surface area contributed by atoms with Crippen LogP contribution in [0, 0.1) is 12.7 Å². The van der Waals surface area contributed by atoms with E-state index in [-0.39, 0.29) is 17.8 Å². The second-order valence-electron chi connectivity index (χ2n) is 4.38. The second kappa shape index (κ2) is 6.35. The van der Waals surface area contributed by atoms with Crippen LogP contribution in [0.5, 0.6) is 0 Å². The molecule has 4 heteroatoms. The summed E-state index contributed by atoms with van der Waals surface area (Å²) < 4.78 is 13.0. The summed E-state index contributed by atoms with van der Waals surface area (Å²) in [5.41, 5.74) is 6.99. The van der Waals surface area contributed by atoms with Gasteiger partial charge in [0.2, 0.25) is 5.91 Å². The molecule has 0 aromatic heterocycles. The first kappa shape index (κ1) is 13.6. The molecular formula is C13H19FN2O. The fourth-order valence-electron chi connectivity index (χ4n) is 1.53. The first-order valence-electron chi connectivity index (χ1n) is 5.80. The van der Waals surface area contributed by atoms with Crippen LogP contribution in [0.15, 0.2) is 18.2 Å². The number of nitrogens with one attached hydrogen (secondary N) is 1. The van der Waals surface area contributed by atoms with Crippen molar-refractivity contribution in [3.8, 4) is 0 Å². The maximum absolute atomic E-state index is 13.0. The van der Waals surface area contributed by atoms with Crippen molar-refractivity contribution in [1.29, 1.82) is 0 Å². The Hall–Kier alpha value is -1.42. The highest BCUT2D eigenvalue weighted by molar-refractivity contribution is 5.91. The van der Waals surface area contributed by atoms with Crippen molar-refractivity contribution in [2.24, 2.45) is 5.73 Å². The number of benzene rings is 1. The largest absolute Gasteiger partial charge is 0.328 e. The molecule has 17 heavy (non-hydrogen) atoms. The number of rotatable bonds is 5. The summed E-state index contributed by atoms with van der Waals surface area (Å²) in [5.74, 6) is -0.444. The van der Waals surface area contributed by atoms with Gasteiger partial charge in [0.05, 0.1) is 0 Å². The molecule has 0 radical (unpaired) electrons. The topological polar surface area (TPSA) is 55.1 Å². The third kappa shape index (κ3) is 4.95. The monoisotopic (exact) mass is 238 g/mol. The van der Waals surface area contributed by atoms with Crippen molar-refractivity contribution in [1.82, 2.24) is 0 Å². The van der Waals surface area contributed by atoms with Crippen LogP contribution in [-0.2, 0) is 4.79 Å². The molecule has 0 spiro atoms. The van der Waals surface area contributed by atoms with Gasteiger partial charge in [-0.3, -0.25) is 4.79 Å². The summed E-state index contributed by atoms with van der Waals surface area (Å²) >= 11 is 0. The van der Waals surface area contributed by atoms with E-state index in [9.17, 15) is 9.18 Å². The lowest BCUT2D eigenvalue weighted by atomic mass is 10.1. The van der Waals surface area contributed by atoms with Crippen LogP contribution >= 0.6 is 0 Å².